The van der Waals surface area contributed by atoms with E-state index in [9.17, 15) is 13.2 Å². The highest BCUT2D eigenvalue weighted by atomic mass is 32.2. The van der Waals surface area contributed by atoms with Gasteiger partial charge in [0.15, 0.2) is 0 Å². The van der Waals surface area contributed by atoms with E-state index in [2.05, 4.69) is 5.32 Å². The van der Waals surface area contributed by atoms with Crippen molar-refractivity contribution >= 4 is 27.3 Å². The summed E-state index contributed by atoms with van der Waals surface area (Å²) in [4.78, 5) is 12.0. The second kappa shape index (κ2) is 4.61. The maximum Gasteiger partial charge on any atom is 0.252 e. The van der Waals surface area contributed by atoms with Crippen molar-refractivity contribution in [1.82, 2.24) is 5.32 Å². The third-order valence-electron chi connectivity index (χ3n) is 2.75. The molecule has 0 radical (unpaired) electrons. The highest BCUT2D eigenvalue weighted by molar-refractivity contribution is 7.91. The van der Waals surface area contributed by atoms with Crippen LogP contribution >= 0.6 is 11.3 Å². The number of sulfonamides is 1. The lowest BCUT2D eigenvalue weighted by Gasteiger charge is -2.23. The van der Waals surface area contributed by atoms with Crippen molar-refractivity contribution in [2.45, 2.75) is 23.1 Å². The number of amides is 1. The number of hydrogen-bond donors (Lipinski definition) is 2. The molecular weight excluding hydrogens is 276 g/mol. The van der Waals surface area contributed by atoms with Gasteiger partial charge in [0.2, 0.25) is 10.0 Å². The second-order valence-electron chi connectivity index (χ2n) is 4.52. The van der Waals surface area contributed by atoms with Gasteiger partial charge in [-0.15, -0.1) is 11.3 Å². The van der Waals surface area contributed by atoms with Gasteiger partial charge in [-0.25, -0.2) is 13.6 Å². The second-order valence-corrected chi connectivity index (χ2v) is 7.22. The van der Waals surface area contributed by atoms with Gasteiger partial charge in [0, 0.05) is 12.0 Å². The fourth-order valence-electron chi connectivity index (χ4n) is 1.70. The van der Waals surface area contributed by atoms with Crippen LogP contribution in [0.25, 0.3) is 0 Å². The minimum absolute atomic E-state index is 0.0134. The van der Waals surface area contributed by atoms with Crippen LogP contribution in [0.3, 0.4) is 0 Å². The van der Waals surface area contributed by atoms with Gasteiger partial charge in [0.1, 0.15) is 4.21 Å². The Morgan fingerprint density at radius 2 is 2.33 bits per heavy atom. The number of rotatable bonds is 3. The molecule has 3 N–H and O–H groups in total. The van der Waals surface area contributed by atoms with Crippen LogP contribution < -0.4 is 10.5 Å². The Balaban J connectivity index is 2.12. The summed E-state index contributed by atoms with van der Waals surface area (Å²) in [6.07, 6.45) is 0.741. The van der Waals surface area contributed by atoms with Crippen molar-refractivity contribution in [3.05, 3.63) is 17.0 Å². The van der Waals surface area contributed by atoms with Gasteiger partial charge in [-0.1, -0.05) is 0 Å². The molecule has 1 fully saturated rings. The first-order valence-electron chi connectivity index (χ1n) is 5.32. The van der Waals surface area contributed by atoms with Crippen molar-refractivity contribution in [2.24, 2.45) is 5.14 Å². The zero-order valence-electron chi connectivity index (χ0n) is 9.80. The lowest BCUT2D eigenvalue weighted by atomic mass is 10.0. The molecule has 1 aromatic heterocycles. The van der Waals surface area contributed by atoms with E-state index < -0.39 is 10.0 Å². The largest absolute Gasteiger partial charge is 0.379 e. The number of nitrogens with two attached hydrogens (primary N) is 1. The molecule has 2 rings (SSSR count). The summed E-state index contributed by atoms with van der Waals surface area (Å²) in [5.74, 6) is -0.311. The summed E-state index contributed by atoms with van der Waals surface area (Å²) >= 11 is 0.937. The first-order valence-corrected chi connectivity index (χ1v) is 7.74. The quantitative estimate of drug-likeness (QED) is 0.836. The summed E-state index contributed by atoms with van der Waals surface area (Å²) < 4.78 is 27.4. The van der Waals surface area contributed by atoms with Crippen LogP contribution in [-0.2, 0) is 14.8 Å². The smallest absolute Gasteiger partial charge is 0.252 e. The highest BCUT2D eigenvalue weighted by Crippen LogP contribution is 2.21. The first kappa shape index (κ1) is 13.5. The van der Waals surface area contributed by atoms with Crippen molar-refractivity contribution in [1.29, 1.82) is 0 Å². The molecule has 18 heavy (non-hydrogen) atoms. The lowest BCUT2D eigenvalue weighted by Crippen LogP contribution is -2.46. The SMILES string of the molecule is CC1(NC(=O)c2csc(S(N)(=O)=O)c2)CCOC1. The van der Waals surface area contributed by atoms with Gasteiger partial charge in [-0.3, -0.25) is 4.79 Å². The number of carbonyl (C=O) groups excluding carboxylic acids is 1. The fraction of sp³-hybridized carbons (Fsp3) is 0.500. The minimum Gasteiger partial charge on any atom is -0.379 e. The van der Waals surface area contributed by atoms with Crippen LogP contribution in [0, 0.1) is 0 Å². The fourth-order valence-corrected chi connectivity index (χ4v) is 3.28. The lowest BCUT2D eigenvalue weighted by molar-refractivity contribution is 0.0890. The van der Waals surface area contributed by atoms with Crippen LogP contribution in [0.1, 0.15) is 23.7 Å². The standard InChI is InChI=1S/C10H14N2O4S2/c1-10(2-3-16-6-10)12-9(13)7-4-8(17-5-7)18(11,14)15/h4-5H,2-3,6H2,1H3,(H,12,13)(H2,11,14,15). The molecule has 0 spiro atoms. The summed E-state index contributed by atoms with van der Waals surface area (Å²) in [7, 11) is -3.74. The average Bonchev–Trinajstić information content (AvgIpc) is 2.84. The van der Waals surface area contributed by atoms with Crippen LogP contribution in [0.4, 0.5) is 0 Å². The Labute approximate surface area is 109 Å². The average molecular weight is 290 g/mol. The topological polar surface area (TPSA) is 98.5 Å². The van der Waals surface area contributed by atoms with E-state index in [1.807, 2.05) is 6.92 Å². The van der Waals surface area contributed by atoms with E-state index >= 15 is 0 Å². The Morgan fingerprint density at radius 1 is 1.61 bits per heavy atom. The van der Waals surface area contributed by atoms with Crippen molar-refractivity contribution in [3.8, 4) is 0 Å². The molecule has 8 heteroatoms. The zero-order valence-corrected chi connectivity index (χ0v) is 11.4. The van der Waals surface area contributed by atoms with Gasteiger partial charge in [-0.05, 0) is 19.4 Å². The number of primary sulfonamides is 1. The summed E-state index contributed by atoms with van der Waals surface area (Å²) in [6.45, 7) is 2.97. The van der Waals surface area contributed by atoms with Crippen molar-refractivity contribution < 1.29 is 17.9 Å². The minimum atomic E-state index is -3.74. The molecule has 0 bridgehead atoms. The molecule has 0 aliphatic carbocycles. The number of hydrogen-bond acceptors (Lipinski definition) is 5. The summed E-state index contributed by atoms with van der Waals surface area (Å²) in [6, 6.07) is 1.29. The molecule has 100 valence electrons. The summed E-state index contributed by atoms with van der Waals surface area (Å²) in [5, 5.41) is 9.31. The molecule has 1 amide bonds. The third-order valence-corrected chi connectivity index (χ3v) is 5.14. The summed E-state index contributed by atoms with van der Waals surface area (Å²) in [5.41, 5.74) is -0.0852. The van der Waals surface area contributed by atoms with Crippen LogP contribution in [0.15, 0.2) is 15.7 Å². The van der Waals surface area contributed by atoms with E-state index in [0.717, 1.165) is 17.8 Å². The maximum absolute atomic E-state index is 12.0. The highest BCUT2D eigenvalue weighted by Gasteiger charge is 2.31. The predicted octanol–water partition coefficient (Wildman–Crippen LogP) is 0.304. The Bertz CT molecular complexity index is 558. The number of ether oxygens (including phenoxy) is 1. The molecular formula is C10H14N2O4S2. The molecule has 1 aromatic rings. The number of nitrogens with one attached hydrogen (secondary N) is 1. The Morgan fingerprint density at radius 3 is 2.83 bits per heavy atom. The van der Waals surface area contributed by atoms with E-state index in [4.69, 9.17) is 9.88 Å². The number of carbonyl (C=O) groups is 1. The molecule has 0 saturated carbocycles. The molecule has 1 atom stereocenters. The molecule has 1 saturated heterocycles. The van der Waals surface area contributed by atoms with E-state index in [-0.39, 0.29) is 15.7 Å². The first-order chi connectivity index (χ1) is 8.30. The normalized spacial score (nSPS) is 24.1. The molecule has 1 aliphatic heterocycles. The van der Waals surface area contributed by atoms with Gasteiger partial charge in [-0.2, -0.15) is 0 Å². The van der Waals surface area contributed by atoms with Crippen LogP contribution in [-0.4, -0.2) is 33.1 Å². The molecule has 1 unspecified atom stereocenters. The van der Waals surface area contributed by atoms with Gasteiger partial charge >= 0.3 is 0 Å². The number of thiophene rings is 1. The van der Waals surface area contributed by atoms with E-state index in [1.54, 1.807) is 0 Å². The third kappa shape index (κ3) is 2.89. The van der Waals surface area contributed by atoms with E-state index in [1.165, 1.54) is 11.4 Å². The van der Waals surface area contributed by atoms with Crippen molar-refractivity contribution in [2.75, 3.05) is 13.2 Å². The molecule has 1 aliphatic rings. The molecule has 6 nitrogen and oxygen atoms in total. The molecule has 0 aromatic carbocycles. The Hall–Kier alpha value is -0.960. The maximum atomic E-state index is 12.0. The van der Waals surface area contributed by atoms with Gasteiger partial charge in [0.05, 0.1) is 17.7 Å². The predicted molar refractivity (Wildman–Crippen MR) is 67.0 cm³/mol. The monoisotopic (exact) mass is 290 g/mol. The zero-order chi connectivity index (χ0) is 13.4. The molecule has 2 heterocycles. The van der Waals surface area contributed by atoms with Gasteiger partial charge in [0.25, 0.3) is 5.91 Å². The van der Waals surface area contributed by atoms with Crippen molar-refractivity contribution in [3.63, 3.8) is 0 Å². The van der Waals surface area contributed by atoms with Crippen LogP contribution in [0.2, 0.25) is 0 Å². The van der Waals surface area contributed by atoms with E-state index in [0.29, 0.717) is 18.8 Å². The van der Waals surface area contributed by atoms with Crippen LogP contribution in [0.5, 0.6) is 0 Å². The van der Waals surface area contributed by atoms with Gasteiger partial charge < -0.3 is 10.1 Å². The Kier molecular flexibility index (Phi) is 3.45.